The van der Waals surface area contributed by atoms with Crippen LogP contribution >= 0.6 is 0 Å². The maximum Gasteiger partial charge on any atom is 0.125 e. The van der Waals surface area contributed by atoms with Crippen LogP contribution in [0.15, 0.2) is 54.9 Å². The summed E-state index contributed by atoms with van der Waals surface area (Å²) in [4.78, 5) is 4.09. The van der Waals surface area contributed by atoms with Gasteiger partial charge in [-0.2, -0.15) is 0 Å². The van der Waals surface area contributed by atoms with Crippen molar-refractivity contribution in [2.45, 2.75) is 0 Å². The van der Waals surface area contributed by atoms with Crippen molar-refractivity contribution in [3.63, 3.8) is 0 Å². The van der Waals surface area contributed by atoms with Crippen molar-refractivity contribution < 1.29 is 4.39 Å². The molecule has 0 bridgehead atoms. The number of nitrogens with two attached hydrogens (primary N) is 1. The Hall–Kier alpha value is -2.42. The molecular weight excluding hydrogens is 227 g/mol. The van der Waals surface area contributed by atoms with E-state index in [2.05, 4.69) is 4.98 Å². The summed E-state index contributed by atoms with van der Waals surface area (Å²) in [6.07, 6.45) is 3.55. The number of anilines is 1. The van der Waals surface area contributed by atoms with Gasteiger partial charge in [0.15, 0.2) is 0 Å². The number of nitrogen functional groups attached to an aromatic ring is 1. The summed E-state index contributed by atoms with van der Waals surface area (Å²) in [5.74, 6) is -0.321. The highest BCUT2D eigenvalue weighted by Crippen LogP contribution is 2.32. The molecule has 18 heavy (non-hydrogen) atoms. The predicted octanol–water partition coefficient (Wildman–Crippen LogP) is 3.62. The summed E-state index contributed by atoms with van der Waals surface area (Å²) < 4.78 is 13.1. The second kappa shape index (κ2) is 4.11. The molecule has 2 N–H and O–H groups in total. The number of rotatable bonds is 1. The van der Waals surface area contributed by atoms with Gasteiger partial charge in [-0.3, -0.25) is 4.98 Å². The van der Waals surface area contributed by atoms with Crippen LogP contribution in [0.4, 0.5) is 10.1 Å². The number of nitrogens with zero attached hydrogens (tertiary/aromatic N) is 1. The van der Waals surface area contributed by atoms with E-state index in [0.717, 1.165) is 21.9 Å². The summed E-state index contributed by atoms with van der Waals surface area (Å²) in [5, 5.41) is 2.10. The monoisotopic (exact) mass is 238 g/mol. The zero-order valence-electron chi connectivity index (χ0n) is 9.60. The smallest absolute Gasteiger partial charge is 0.125 e. The van der Waals surface area contributed by atoms with Crippen molar-refractivity contribution in [2.75, 3.05) is 5.73 Å². The average molecular weight is 238 g/mol. The molecule has 0 spiro atoms. The van der Waals surface area contributed by atoms with Gasteiger partial charge in [0.2, 0.25) is 0 Å². The fourth-order valence-corrected chi connectivity index (χ4v) is 2.14. The van der Waals surface area contributed by atoms with Gasteiger partial charge in [-0.25, -0.2) is 4.39 Å². The minimum Gasteiger partial charge on any atom is -0.398 e. The lowest BCUT2D eigenvalue weighted by atomic mass is 9.98. The van der Waals surface area contributed by atoms with Crippen LogP contribution in [0.3, 0.4) is 0 Å². The van der Waals surface area contributed by atoms with E-state index in [0.29, 0.717) is 5.69 Å². The van der Waals surface area contributed by atoms with Gasteiger partial charge in [0.05, 0.1) is 0 Å². The predicted molar refractivity (Wildman–Crippen MR) is 71.5 cm³/mol. The average Bonchev–Trinajstić information content (AvgIpc) is 2.38. The van der Waals surface area contributed by atoms with E-state index < -0.39 is 0 Å². The molecule has 3 rings (SSSR count). The maximum atomic E-state index is 13.1. The van der Waals surface area contributed by atoms with Crippen LogP contribution in [-0.4, -0.2) is 4.98 Å². The number of fused-ring (bicyclic) bond motifs is 1. The Morgan fingerprint density at radius 2 is 1.89 bits per heavy atom. The van der Waals surface area contributed by atoms with Crippen molar-refractivity contribution in [1.82, 2.24) is 4.98 Å². The van der Waals surface area contributed by atoms with E-state index in [-0.39, 0.29) is 5.82 Å². The molecule has 88 valence electrons. The van der Waals surface area contributed by atoms with Gasteiger partial charge >= 0.3 is 0 Å². The van der Waals surface area contributed by atoms with Gasteiger partial charge in [0.25, 0.3) is 0 Å². The van der Waals surface area contributed by atoms with Crippen LogP contribution in [0.5, 0.6) is 0 Å². The Morgan fingerprint density at radius 3 is 2.72 bits per heavy atom. The quantitative estimate of drug-likeness (QED) is 0.657. The molecule has 0 radical (unpaired) electrons. The normalized spacial score (nSPS) is 10.7. The Balaban J connectivity index is 2.31. The maximum absolute atomic E-state index is 13.1. The van der Waals surface area contributed by atoms with E-state index in [4.69, 9.17) is 5.73 Å². The molecule has 0 unspecified atom stereocenters. The summed E-state index contributed by atoms with van der Waals surface area (Å²) in [6, 6.07) is 12.3. The minimum atomic E-state index is -0.321. The van der Waals surface area contributed by atoms with Crippen LogP contribution < -0.4 is 5.73 Å². The van der Waals surface area contributed by atoms with E-state index in [1.165, 1.54) is 12.1 Å². The Morgan fingerprint density at radius 1 is 1.00 bits per heavy atom. The van der Waals surface area contributed by atoms with Crippen LogP contribution in [-0.2, 0) is 0 Å². The number of hydrogen-bond donors (Lipinski definition) is 1. The summed E-state index contributed by atoms with van der Waals surface area (Å²) in [6.45, 7) is 0. The van der Waals surface area contributed by atoms with E-state index in [1.54, 1.807) is 18.5 Å². The van der Waals surface area contributed by atoms with Crippen LogP contribution in [0.1, 0.15) is 0 Å². The van der Waals surface area contributed by atoms with Crippen molar-refractivity contribution in [3.8, 4) is 11.1 Å². The third kappa shape index (κ3) is 1.70. The zero-order chi connectivity index (χ0) is 12.5. The van der Waals surface area contributed by atoms with Gasteiger partial charge in [-0.05, 0) is 35.2 Å². The lowest BCUT2D eigenvalue weighted by Crippen LogP contribution is -1.92. The number of hydrogen-bond acceptors (Lipinski definition) is 2. The first kappa shape index (κ1) is 10.7. The molecular formula is C15H11FN2. The Labute approximate surface area is 104 Å². The molecule has 2 aromatic carbocycles. The SMILES string of the molecule is Nc1cc(F)ccc1-c1cccc2cnccc12. The van der Waals surface area contributed by atoms with Crippen molar-refractivity contribution >= 4 is 16.5 Å². The Bertz CT molecular complexity index is 717. The molecule has 0 aliphatic rings. The first-order chi connectivity index (χ1) is 8.75. The van der Waals surface area contributed by atoms with E-state index in [9.17, 15) is 4.39 Å². The van der Waals surface area contributed by atoms with Gasteiger partial charge < -0.3 is 5.73 Å². The molecule has 3 aromatic rings. The second-order valence-corrected chi connectivity index (χ2v) is 4.13. The van der Waals surface area contributed by atoms with E-state index >= 15 is 0 Å². The van der Waals surface area contributed by atoms with Gasteiger partial charge in [0, 0.05) is 29.0 Å². The highest BCUT2D eigenvalue weighted by atomic mass is 19.1. The van der Waals surface area contributed by atoms with Crippen molar-refractivity contribution in [2.24, 2.45) is 0 Å². The second-order valence-electron chi connectivity index (χ2n) is 4.13. The number of aromatic nitrogens is 1. The highest BCUT2D eigenvalue weighted by molar-refractivity contribution is 5.98. The fraction of sp³-hybridized carbons (Fsp3) is 0. The molecule has 0 aliphatic heterocycles. The van der Waals surface area contributed by atoms with Crippen LogP contribution in [0.25, 0.3) is 21.9 Å². The van der Waals surface area contributed by atoms with E-state index in [1.807, 2.05) is 24.3 Å². The minimum absolute atomic E-state index is 0.321. The summed E-state index contributed by atoms with van der Waals surface area (Å²) in [7, 11) is 0. The summed E-state index contributed by atoms with van der Waals surface area (Å²) in [5.41, 5.74) is 8.17. The molecule has 0 fully saturated rings. The summed E-state index contributed by atoms with van der Waals surface area (Å²) >= 11 is 0. The lowest BCUT2D eigenvalue weighted by Gasteiger charge is -2.09. The molecule has 0 saturated carbocycles. The van der Waals surface area contributed by atoms with Crippen LogP contribution in [0.2, 0.25) is 0 Å². The van der Waals surface area contributed by atoms with Gasteiger partial charge in [0.1, 0.15) is 5.82 Å². The third-order valence-electron chi connectivity index (χ3n) is 2.98. The number of benzene rings is 2. The van der Waals surface area contributed by atoms with Gasteiger partial charge in [-0.1, -0.05) is 18.2 Å². The molecule has 0 aliphatic carbocycles. The molecule has 0 amide bonds. The lowest BCUT2D eigenvalue weighted by molar-refractivity contribution is 0.628. The largest absolute Gasteiger partial charge is 0.398 e. The molecule has 0 saturated heterocycles. The first-order valence-corrected chi connectivity index (χ1v) is 5.64. The Kier molecular flexibility index (Phi) is 2.45. The molecule has 2 nitrogen and oxygen atoms in total. The number of pyridine rings is 1. The van der Waals surface area contributed by atoms with Crippen LogP contribution in [0, 0.1) is 5.82 Å². The van der Waals surface area contributed by atoms with Gasteiger partial charge in [-0.15, -0.1) is 0 Å². The first-order valence-electron chi connectivity index (χ1n) is 5.64. The molecule has 1 aromatic heterocycles. The number of halogens is 1. The molecule has 1 heterocycles. The topological polar surface area (TPSA) is 38.9 Å². The standard InChI is InChI=1S/C15H11FN2/c16-11-4-5-14(15(17)8-11)13-3-1-2-10-9-18-7-6-12(10)13/h1-9H,17H2. The molecule has 3 heteroatoms. The fourth-order valence-electron chi connectivity index (χ4n) is 2.14. The highest BCUT2D eigenvalue weighted by Gasteiger charge is 2.07. The van der Waals surface area contributed by atoms with Crippen molar-refractivity contribution in [1.29, 1.82) is 0 Å². The zero-order valence-corrected chi connectivity index (χ0v) is 9.60. The third-order valence-corrected chi connectivity index (χ3v) is 2.98. The molecule has 0 atom stereocenters. The van der Waals surface area contributed by atoms with Crippen molar-refractivity contribution in [3.05, 3.63) is 60.7 Å².